The second kappa shape index (κ2) is 3.36. The van der Waals surface area contributed by atoms with Crippen LogP contribution in [-0.2, 0) is 4.43 Å². The summed E-state index contributed by atoms with van der Waals surface area (Å²) in [4.78, 5) is 0. The maximum Gasteiger partial charge on any atom is 0.185 e. The van der Waals surface area contributed by atoms with Crippen molar-refractivity contribution in [3.05, 3.63) is 0 Å². The summed E-state index contributed by atoms with van der Waals surface area (Å²) in [7, 11) is -1.69. The quantitative estimate of drug-likeness (QED) is 0.696. The summed E-state index contributed by atoms with van der Waals surface area (Å²) in [6, 6.07) is 2.57. The van der Waals surface area contributed by atoms with E-state index in [0.29, 0.717) is 5.92 Å². The molecule has 96 valence electrons. The molecule has 0 aromatic heterocycles. The number of rotatable bonds is 2. The molecule has 2 nitrogen and oxygen atoms in total. The van der Waals surface area contributed by atoms with E-state index < -0.39 is 13.9 Å². The second-order valence-electron chi connectivity index (χ2n) is 7.65. The molecule has 2 aliphatic rings. The minimum absolute atomic E-state index is 0.0275. The molecule has 2 aliphatic carbocycles. The van der Waals surface area contributed by atoms with Gasteiger partial charge in [-0.3, -0.25) is 0 Å². The molecule has 2 fully saturated rings. The molecule has 0 spiro atoms. The zero-order valence-corrected chi connectivity index (χ0v) is 13.1. The molecule has 0 aromatic rings. The van der Waals surface area contributed by atoms with Gasteiger partial charge in [0.25, 0.3) is 0 Å². The van der Waals surface area contributed by atoms with E-state index >= 15 is 0 Å². The molecule has 0 heterocycles. The van der Waals surface area contributed by atoms with Crippen molar-refractivity contribution in [2.75, 3.05) is 0 Å². The summed E-state index contributed by atoms with van der Waals surface area (Å²) in [5.41, 5.74) is -0.258. The average Bonchev–Trinajstić information content (AvgIpc) is 2.47. The highest BCUT2D eigenvalue weighted by Gasteiger charge is 2.70. The van der Waals surface area contributed by atoms with Crippen LogP contribution in [0, 0.1) is 28.1 Å². The molecule has 0 aromatic carbocycles. The first-order valence-electron chi connectivity index (χ1n) is 6.69. The molecular formula is C14H25NOSi. The summed E-state index contributed by atoms with van der Waals surface area (Å²) < 4.78 is 6.39. The Kier molecular flexibility index (Phi) is 2.59. The van der Waals surface area contributed by atoms with Crippen LogP contribution in [0.2, 0.25) is 19.6 Å². The average molecular weight is 251 g/mol. The summed E-state index contributed by atoms with van der Waals surface area (Å²) in [5.74, 6) is 0.656. The van der Waals surface area contributed by atoms with Crippen LogP contribution in [0.4, 0.5) is 0 Å². The van der Waals surface area contributed by atoms with Crippen LogP contribution < -0.4 is 0 Å². The van der Waals surface area contributed by atoms with E-state index in [-0.39, 0.29) is 10.8 Å². The zero-order valence-electron chi connectivity index (χ0n) is 12.1. The molecule has 2 rings (SSSR count). The number of fused-ring (bicyclic) bond motifs is 2. The summed E-state index contributed by atoms with van der Waals surface area (Å²) >= 11 is 0. The van der Waals surface area contributed by atoms with Crippen molar-refractivity contribution in [3.8, 4) is 6.07 Å². The lowest BCUT2D eigenvalue weighted by molar-refractivity contribution is -0.0306. The van der Waals surface area contributed by atoms with Crippen molar-refractivity contribution < 1.29 is 4.43 Å². The molecule has 3 atom stereocenters. The summed E-state index contributed by atoms with van der Waals surface area (Å²) in [6.45, 7) is 13.5. The molecule has 1 unspecified atom stereocenters. The molecule has 0 saturated heterocycles. The van der Waals surface area contributed by atoms with Gasteiger partial charge in [0.15, 0.2) is 8.32 Å². The lowest BCUT2D eigenvalue weighted by atomic mass is 9.65. The Labute approximate surface area is 106 Å². The number of hydrogen-bond donors (Lipinski definition) is 0. The van der Waals surface area contributed by atoms with Gasteiger partial charge >= 0.3 is 0 Å². The van der Waals surface area contributed by atoms with Crippen molar-refractivity contribution in [1.82, 2.24) is 0 Å². The Morgan fingerprint density at radius 1 is 1.24 bits per heavy atom. The fraction of sp³-hybridized carbons (Fsp3) is 0.929. The Balaban J connectivity index is 2.43. The Morgan fingerprint density at radius 3 is 2.12 bits per heavy atom. The highest BCUT2D eigenvalue weighted by molar-refractivity contribution is 6.69. The van der Waals surface area contributed by atoms with Gasteiger partial charge in [0.1, 0.15) is 5.60 Å². The van der Waals surface area contributed by atoms with Crippen molar-refractivity contribution in [1.29, 1.82) is 5.26 Å². The van der Waals surface area contributed by atoms with E-state index in [2.05, 4.69) is 46.5 Å². The Bertz CT molecular complexity index is 379. The van der Waals surface area contributed by atoms with Crippen molar-refractivity contribution >= 4 is 8.32 Å². The van der Waals surface area contributed by atoms with Crippen LogP contribution >= 0.6 is 0 Å². The van der Waals surface area contributed by atoms with Crippen LogP contribution in [-0.4, -0.2) is 13.9 Å². The smallest absolute Gasteiger partial charge is 0.185 e. The molecule has 0 radical (unpaired) electrons. The third-order valence-corrected chi connectivity index (χ3v) is 6.48. The normalized spacial score (nSPS) is 43.7. The van der Waals surface area contributed by atoms with Gasteiger partial charge < -0.3 is 4.43 Å². The lowest BCUT2D eigenvalue weighted by Gasteiger charge is -2.46. The third-order valence-electron chi connectivity index (χ3n) is 5.52. The predicted octanol–water partition coefficient (Wildman–Crippen LogP) is 3.95. The standard InChI is InChI=1S/C14H25NOSi/c1-12(2)11-7-8-13(12,3)14(9-11,10-15)16-17(4,5)6/h11H,7-9H2,1-6H3/t11-,13-,14?/m1/s1. The first-order valence-corrected chi connectivity index (χ1v) is 10.1. The third kappa shape index (κ3) is 1.53. The SMILES string of the molecule is CC1(C)[C@@H]2CC[C@@]1(C)C(C#N)(O[Si](C)(C)C)C2. The predicted molar refractivity (Wildman–Crippen MR) is 72.0 cm³/mol. The van der Waals surface area contributed by atoms with Gasteiger partial charge in [-0.1, -0.05) is 20.8 Å². The van der Waals surface area contributed by atoms with E-state index in [4.69, 9.17) is 4.43 Å². The largest absolute Gasteiger partial charge is 0.399 e. The Hall–Kier alpha value is -0.333. The highest BCUT2D eigenvalue weighted by Crippen LogP contribution is 2.70. The topological polar surface area (TPSA) is 33.0 Å². The summed E-state index contributed by atoms with van der Waals surface area (Å²) in [6.07, 6.45) is 3.35. The monoisotopic (exact) mass is 251 g/mol. The van der Waals surface area contributed by atoms with E-state index in [1.165, 1.54) is 6.42 Å². The van der Waals surface area contributed by atoms with Crippen molar-refractivity contribution in [2.45, 2.75) is 65.3 Å². The molecule has 2 bridgehead atoms. The second-order valence-corrected chi connectivity index (χ2v) is 12.1. The van der Waals surface area contributed by atoms with Gasteiger partial charge in [-0.15, -0.1) is 0 Å². The highest BCUT2D eigenvalue weighted by atomic mass is 28.4. The van der Waals surface area contributed by atoms with E-state index in [1.807, 2.05) is 0 Å². The minimum atomic E-state index is -1.69. The van der Waals surface area contributed by atoms with Crippen LogP contribution in [0.1, 0.15) is 40.0 Å². The Morgan fingerprint density at radius 2 is 1.82 bits per heavy atom. The molecule has 0 aliphatic heterocycles. The van der Waals surface area contributed by atoms with Crippen molar-refractivity contribution in [2.24, 2.45) is 16.7 Å². The maximum absolute atomic E-state index is 9.75. The number of nitrogens with zero attached hydrogens (tertiary/aromatic N) is 1. The first-order chi connectivity index (χ1) is 7.58. The van der Waals surface area contributed by atoms with Gasteiger partial charge in [0.2, 0.25) is 0 Å². The number of nitriles is 1. The van der Waals surface area contributed by atoms with E-state index in [9.17, 15) is 5.26 Å². The van der Waals surface area contributed by atoms with Gasteiger partial charge in [-0.2, -0.15) is 5.26 Å². The molecule has 0 amide bonds. The fourth-order valence-corrected chi connectivity index (χ4v) is 5.52. The molecule has 17 heavy (non-hydrogen) atoms. The summed E-state index contributed by atoms with van der Waals surface area (Å²) in [5, 5.41) is 9.75. The van der Waals surface area contributed by atoms with Gasteiger partial charge in [-0.25, -0.2) is 0 Å². The van der Waals surface area contributed by atoms with E-state index in [0.717, 1.165) is 12.8 Å². The van der Waals surface area contributed by atoms with Crippen LogP contribution in [0.15, 0.2) is 0 Å². The van der Waals surface area contributed by atoms with E-state index in [1.54, 1.807) is 0 Å². The van der Waals surface area contributed by atoms with Gasteiger partial charge in [0, 0.05) is 5.41 Å². The van der Waals surface area contributed by atoms with Crippen LogP contribution in [0.3, 0.4) is 0 Å². The van der Waals surface area contributed by atoms with Crippen molar-refractivity contribution in [3.63, 3.8) is 0 Å². The first kappa shape index (κ1) is 13.1. The van der Waals surface area contributed by atoms with Gasteiger partial charge in [0.05, 0.1) is 6.07 Å². The van der Waals surface area contributed by atoms with Gasteiger partial charge in [-0.05, 0) is 50.2 Å². The number of hydrogen-bond acceptors (Lipinski definition) is 2. The zero-order chi connectivity index (χ0) is 13.1. The molecule has 2 saturated carbocycles. The maximum atomic E-state index is 9.75. The molecular weight excluding hydrogens is 226 g/mol. The molecule has 0 N–H and O–H groups in total. The van der Waals surface area contributed by atoms with Crippen LogP contribution in [0.5, 0.6) is 0 Å². The molecule has 3 heteroatoms. The fourth-order valence-electron chi connectivity index (χ4n) is 4.12. The van der Waals surface area contributed by atoms with Crippen LogP contribution in [0.25, 0.3) is 0 Å². The minimum Gasteiger partial charge on any atom is -0.399 e. The lowest BCUT2D eigenvalue weighted by Crippen LogP contribution is -2.53.